The van der Waals surface area contributed by atoms with Gasteiger partial charge in [-0.25, -0.2) is 10.3 Å². The van der Waals surface area contributed by atoms with Gasteiger partial charge in [0, 0.05) is 39.0 Å². The molecule has 1 aliphatic rings. The van der Waals surface area contributed by atoms with Crippen molar-refractivity contribution in [3.05, 3.63) is 35.9 Å². The number of ketones is 1. The van der Waals surface area contributed by atoms with Crippen LogP contribution in [0, 0.1) is 5.92 Å². The summed E-state index contributed by atoms with van der Waals surface area (Å²) in [4.78, 5) is 45.3. The van der Waals surface area contributed by atoms with Crippen LogP contribution in [0.25, 0.3) is 0 Å². The lowest BCUT2D eigenvalue weighted by Crippen LogP contribution is -2.60. The lowest BCUT2D eigenvalue weighted by atomic mass is 9.88. The van der Waals surface area contributed by atoms with Gasteiger partial charge in [-0.1, -0.05) is 75.8 Å². The fourth-order valence-electron chi connectivity index (χ4n) is 4.17. The van der Waals surface area contributed by atoms with Crippen molar-refractivity contribution in [3.63, 3.8) is 0 Å². The number of unbranched alkanes of at least 4 members (excludes halogenated alkanes) is 5. The first-order valence-electron chi connectivity index (χ1n) is 12.2. The second kappa shape index (κ2) is 15.4. The maximum Gasteiger partial charge on any atom is 0.317 e. The second-order valence-corrected chi connectivity index (χ2v) is 8.63. The van der Waals surface area contributed by atoms with Crippen molar-refractivity contribution in [3.8, 4) is 0 Å². The maximum absolute atomic E-state index is 13.4. The fourth-order valence-corrected chi connectivity index (χ4v) is 4.17. The summed E-state index contributed by atoms with van der Waals surface area (Å²) in [6.45, 7) is 3.97. The molecule has 184 valence electrons. The fraction of sp³-hybridized carbons (Fsp3) is 0.640. The minimum Gasteiger partial charge on any atom is -0.341 e. The number of nitrogens with one attached hydrogen (secondary N) is 3. The standard InChI is InChI=1S/C25H40N4O4/c1-3-4-5-6-7-11-14-21(17-23(30)28-33-19-20-12-9-8-10-13-20)24(31)22-18-27-15-16-29(22)25(32)26-2/h8-10,12-13,21-22,27H,3-7,11,14-19H2,1-2H3,(H,26,32)(H,28,30)/t21-,22+/m1/s1. The predicted octanol–water partition coefficient (Wildman–Crippen LogP) is 3.17. The number of Topliss-reactive ketones (excluding diaryl/α,β-unsaturated/α-hetero) is 1. The third-order valence-corrected chi connectivity index (χ3v) is 6.05. The van der Waals surface area contributed by atoms with E-state index in [-0.39, 0.29) is 30.7 Å². The van der Waals surface area contributed by atoms with E-state index in [1.165, 1.54) is 19.3 Å². The number of hydrogen-bond donors (Lipinski definition) is 3. The van der Waals surface area contributed by atoms with Crippen LogP contribution in [0.4, 0.5) is 4.79 Å². The molecule has 1 fully saturated rings. The van der Waals surface area contributed by atoms with Crippen LogP contribution in [0.2, 0.25) is 0 Å². The average Bonchev–Trinajstić information content (AvgIpc) is 2.85. The number of rotatable bonds is 14. The van der Waals surface area contributed by atoms with E-state index in [1.54, 1.807) is 11.9 Å². The second-order valence-electron chi connectivity index (χ2n) is 8.63. The van der Waals surface area contributed by atoms with E-state index < -0.39 is 12.0 Å². The van der Waals surface area contributed by atoms with Crippen molar-refractivity contribution in [2.45, 2.75) is 70.9 Å². The van der Waals surface area contributed by atoms with E-state index in [0.29, 0.717) is 26.1 Å². The Morgan fingerprint density at radius 3 is 2.58 bits per heavy atom. The Hall–Kier alpha value is -2.45. The number of benzene rings is 1. The first kappa shape index (κ1) is 26.8. The van der Waals surface area contributed by atoms with Crippen molar-refractivity contribution in [1.82, 2.24) is 21.0 Å². The van der Waals surface area contributed by atoms with Crippen LogP contribution in [0.15, 0.2) is 30.3 Å². The normalized spacial score (nSPS) is 16.8. The zero-order chi connectivity index (χ0) is 23.9. The van der Waals surface area contributed by atoms with Crippen LogP contribution in [0.1, 0.15) is 63.9 Å². The molecule has 8 heteroatoms. The molecule has 2 rings (SSSR count). The van der Waals surface area contributed by atoms with Gasteiger partial charge >= 0.3 is 6.03 Å². The highest BCUT2D eigenvalue weighted by Gasteiger charge is 2.36. The Morgan fingerprint density at radius 1 is 1.12 bits per heavy atom. The minimum atomic E-state index is -0.568. The van der Waals surface area contributed by atoms with Crippen molar-refractivity contribution in [2.24, 2.45) is 5.92 Å². The van der Waals surface area contributed by atoms with Gasteiger partial charge in [0.1, 0.15) is 6.04 Å². The molecule has 1 heterocycles. The molecule has 3 amide bonds. The third-order valence-electron chi connectivity index (χ3n) is 6.05. The summed E-state index contributed by atoms with van der Waals surface area (Å²) in [6.07, 6.45) is 7.36. The lowest BCUT2D eigenvalue weighted by Gasteiger charge is -2.36. The summed E-state index contributed by atoms with van der Waals surface area (Å²) in [5.41, 5.74) is 3.43. The molecule has 0 radical (unpaired) electrons. The molecule has 0 aromatic heterocycles. The minimum absolute atomic E-state index is 0.0562. The van der Waals surface area contributed by atoms with Crippen LogP contribution in [0.5, 0.6) is 0 Å². The number of carbonyl (C=O) groups is 3. The first-order valence-corrected chi connectivity index (χ1v) is 12.2. The van der Waals surface area contributed by atoms with Crippen LogP contribution in [0.3, 0.4) is 0 Å². The molecule has 1 aromatic rings. The molecule has 1 aliphatic heterocycles. The Bertz CT molecular complexity index is 728. The Labute approximate surface area is 197 Å². The highest BCUT2D eigenvalue weighted by atomic mass is 16.6. The van der Waals surface area contributed by atoms with E-state index in [9.17, 15) is 14.4 Å². The van der Waals surface area contributed by atoms with Gasteiger partial charge in [-0.05, 0) is 12.0 Å². The Morgan fingerprint density at radius 2 is 1.85 bits per heavy atom. The molecular formula is C25H40N4O4. The molecule has 3 N–H and O–H groups in total. The molecule has 0 spiro atoms. The van der Waals surface area contributed by atoms with Gasteiger partial charge in [0.2, 0.25) is 5.91 Å². The van der Waals surface area contributed by atoms with E-state index in [4.69, 9.17) is 4.84 Å². The van der Waals surface area contributed by atoms with Gasteiger partial charge in [0.05, 0.1) is 6.61 Å². The average molecular weight is 461 g/mol. The molecule has 1 saturated heterocycles. The molecule has 1 aromatic carbocycles. The quantitative estimate of drug-likeness (QED) is 0.293. The van der Waals surface area contributed by atoms with E-state index in [0.717, 1.165) is 24.8 Å². The zero-order valence-electron chi connectivity index (χ0n) is 20.1. The zero-order valence-corrected chi connectivity index (χ0v) is 20.1. The molecule has 0 aliphatic carbocycles. The molecule has 33 heavy (non-hydrogen) atoms. The number of urea groups is 1. The largest absolute Gasteiger partial charge is 0.341 e. The number of nitrogens with zero attached hydrogens (tertiary/aromatic N) is 1. The highest BCUT2D eigenvalue weighted by molar-refractivity contribution is 5.93. The molecule has 0 saturated carbocycles. The van der Waals surface area contributed by atoms with Gasteiger partial charge < -0.3 is 15.5 Å². The topological polar surface area (TPSA) is 99.8 Å². The SMILES string of the molecule is CCCCCCCC[C@H](CC(=O)NOCc1ccccc1)C(=O)[C@@H]1CNCCN1C(=O)NC. The monoisotopic (exact) mass is 460 g/mol. The molecule has 2 atom stereocenters. The number of piperazine rings is 1. The highest BCUT2D eigenvalue weighted by Crippen LogP contribution is 2.21. The van der Waals surface area contributed by atoms with E-state index in [2.05, 4.69) is 23.0 Å². The van der Waals surface area contributed by atoms with Gasteiger partial charge in [-0.15, -0.1) is 0 Å². The summed E-state index contributed by atoms with van der Waals surface area (Å²) in [5.74, 6) is -0.823. The summed E-state index contributed by atoms with van der Waals surface area (Å²) in [6, 6.07) is 8.74. The molecule has 8 nitrogen and oxygen atoms in total. The van der Waals surface area contributed by atoms with Crippen LogP contribution < -0.4 is 16.1 Å². The number of carbonyl (C=O) groups excluding carboxylic acids is 3. The van der Waals surface area contributed by atoms with Crippen molar-refractivity contribution < 1.29 is 19.2 Å². The summed E-state index contributed by atoms with van der Waals surface area (Å²) in [5, 5.41) is 5.83. The lowest BCUT2D eigenvalue weighted by molar-refractivity contribution is -0.139. The van der Waals surface area contributed by atoms with Crippen LogP contribution in [-0.4, -0.2) is 55.3 Å². The first-order chi connectivity index (χ1) is 16.1. The summed E-state index contributed by atoms with van der Waals surface area (Å²) < 4.78 is 0. The van der Waals surface area contributed by atoms with Crippen LogP contribution >= 0.6 is 0 Å². The van der Waals surface area contributed by atoms with Crippen LogP contribution in [-0.2, 0) is 21.0 Å². The maximum atomic E-state index is 13.4. The van der Waals surface area contributed by atoms with E-state index in [1.807, 2.05) is 30.3 Å². The molecular weight excluding hydrogens is 420 g/mol. The molecule has 0 bridgehead atoms. The smallest absolute Gasteiger partial charge is 0.317 e. The van der Waals surface area contributed by atoms with Crippen molar-refractivity contribution in [2.75, 3.05) is 26.7 Å². The van der Waals surface area contributed by atoms with Gasteiger partial charge in [-0.3, -0.25) is 14.4 Å². The number of hydroxylamine groups is 1. The van der Waals surface area contributed by atoms with E-state index >= 15 is 0 Å². The van der Waals surface area contributed by atoms with Crippen molar-refractivity contribution in [1.29, 1.82) is 0 Å². The van der Waals surface area contributed by atoms with Gasteiger partial charge in [0.15, 0.2) is 5.78 Å². The number of amides is 3. The Kier molecular flexibility index (Phi) is 12.5. The predicted molar refractivity (Wildman–Crippen MR) is 128 cm³/mol. The summed E-state index contributed by atoms with van der Waals surface area (Å²) >= 11 is 0. The van der Waals surface area contributed by atoms with Crippen molar-refractivity contribution >= 4 is 17.7 Å². The van der Waals surface area contributed by atoms with Gasteiger partial charge in [0.25, 0.3) is 0 Å². The Balaban J connectivity index is 1.94. The van der Waals surface area contributed by atoms with Gasteiger partial charge in [-0.2, -0.15) is 0 Å². The number of hydrogen-bond acceptors (Lipinski definition) is 5. The summed E-state index contributed by atoms with van der Waals surface area (Å²) in [7, 11) is 1.57. The molecule has 0 unspecified atom stereocenters. The third kappa shape index (κ3) is 9.52.